The highest BCUT2D eigenvalue weighted by Gasteiger charge is 2.45. The van der Waals surface area contributed by atoms with E-state index in [-0.39, 0.29) is 16.8 Å². The van der Waals surface area contributed by atoms with Gasteiger partial charge in [0.05, 0.1) is 10.5 Å². The number of pyridine rings is 2. The van der Waals surface area contributed by atoms with Gasteiger partial charge in [0.15, 0.2) is 0 Å². The molecule has 0 amide bonds. The lowest BCUT2D eigenvalue weighted by Gasteiger charge is -2.50. The Morgan fingerprint density at radius 1 is 1.13 bits per heavy atom. The molecule has 0 radical (unpaired) electrons. The molecule has 2 aromatic rings. The van der Waals surface area contributed by atoms with Gasteiger partial charge in [-0.1, -0.05) is 23.8 Å². The van der Waals surface area contributed by atoms with Crippen molar-refractivity contribution in [3.63, 3.8) is 0 Å². The third kappa shape index (κ3) is 2.60. The standard InChI is InChI=1S/C18H20ClN3O/c19-13-11-21-14-1-2-15(23)22-16(14)12(13)3-4-17-5-8-18(20,9-6-17)10-7-17/h1-4,11H,5-10,20H2,(H,22,23). The van der Waals surface area contributed by atoms with Gasteiger partial charge in [0.2, 0.25) is 5.88 Å². The molecule has 3 N–H and O–H groups in total. The van der Waals surface area contributed by atoms with Crippen molar-refractivity contribution >= 4 is 28.7 Å². The molecular formula is C18H20ClN3O. The highest BCUT2D eigenvalue weighted by Crippen LogP contribution is 2.52. The highest BCUT2D eigenvalue weighted by atomic mass is 35.5. The molecule has 0 unspecified atom stereocenters. The van der Waals surface area contributed by atoms with Crippen LogP contribution in [0.2, 0.25) is 5.02 Å². The average molecular weight is 330 g/mol. The van der Waals surface area contributed by atoms with Crippen molar-refractivity contribution in [3.05, 3.63) is 35.0 Å². The Morgan fingerprint density at radius 2 is 1.83 bits per heavy atom. The number of nitrogens with zero attached hydrogens (tertiary/aromatic N) is 2. The minimum Gasteiger partial charge on any atom is -0.493 e. The second-order valence-electron chi connectivity index (χ2n) is 7.12. The Kier molecular flexibility index (Phi) is 3.36. The zero-order valence-electron chi connectivity index (χ0n) is 12.9. The normalized spacial score (nSPS) is 30.3. The van der Waals surface area contributed by atoms with E-state index in [1.54, 1.807) is 18.3 Å². The Bertz CT molecular complexity index is 772. The molecule has 3 saturated carbocycles. The third-order valence-electron chi connectivity index (χ3n) is 5.65. The highest BCUT2D eigenvalue weighted by molar-refractivity contribution is 6.32. The van der Waals surface area contributed by atoms with Crippen LogP contribution in [0.1, 0.15) is 44.1 Å². The summed E-state index contributed by atoms with van der Waals surface area (Å²) in [6, 6.07) is 3.30. The summed E-state index contributed by atoms with van der Waals surface area (Å²) < 4.78 is 0. The molecule has 2 bridgehead atoms. The lowest BCUT2D eigenvalue weighted by molar-refractivity contribution is 0.0850. The Hall–Kier alpha value is -1.65. The first-order valence-corrected chi connectivity index (χ1v) is 8.49. The van der Waals surface area contributed by atoms with E-state index in [1.807, 2.05) is 0 Å². The minimum atomic E-state index is -0.0161. The Morgan fingerprint density at radius 3 is 2.52 bits per heavy atom. The van der Waals surface area contributed by atoms with Crippen LogP contribution in [0, 0.1) is 5.41 Å². The minimum absolute atomic E-state index is 0.0161. The van der Waals surface area contributed by atoms with Crippen molar-refractivity contribution in [2.24, 2.45) is 11.1 Å². The zero-order chi connectivity index (χ0) is 16.1. The van der Waals surface area contributed by atoms with Gasteiger partial charge in [0.1, 0.15) is 5.52 Å². The van der Waals surface area contributed by atoms with Gasteiger partial charge in [-0.05, 0) is 50.0 Å². The number of fused-ring (bicyclic) bond motifs is 4. The maximum Gasteiger partial charge on any atom is 0.211 e. The molecule has 0 aromatic carbocycles. The molecular weight excluding hydrogens is 310 g/mol. The van der Waals surface area contributed by atoms with Crippen LogP contribution in [0.15, 0.2) is 24.4 Å². The fraction of sp³-hybridized carbons (Fsp3) is 0.444. The lowest BCUT2D eigenvalue weighted by Crippen LogP contribution is -2.51. The summed E-state index contributed by atoms with van der Waals surface area (Å²) in [5.74, 6) is -0.0161. The van der Waals surface area contributed by atoms with Crippen LogP contribution in [-0.2, 0) is 0 Å². The number of aromatic nitrogens is 2. The van der Waals surface area contributed by atoms with Gasteiger partial charge >= 0.3 is 0 Å². The van der Waals surface area contributed by atoms with E-state index in [0.29, 0.717) is 10.5 Å². The van der Waals surface area contributed by atoms with Gasteiger partial charge in [0, 0.05) is 23.4 Å². The summed E-state index contributed by atoms with van der Waals surface area (Å²) in [7, 11) is 0. The van der Waals surface area contributed by atoms with Crippen LogP contribution in [0.3, 0.4) is 0 Å². The molecule has 3 fully saturated rings. The second-order valence-corrected chi connectivity index (χ2v) is 7.52. The van der Waals surface area contributed by atoms with Gasteiger partial charge in [-0.25, -0.2) is 4.98 Å². The van der Waals surface area contributed by atoms with E-state index >= 15 is 0 Å². The first kappa shape index (κ1) is 14.9. The number of hydrogen-bond acceptors (Lipinski definition) is 4. The van der Waals surface area contributed by atoms with Crippen molar-refractivity contribution in [1.29, 1.82) is 0 Å². The molecule has 5 rings (SSSR count). The molecule has 3 aliphatic carbocycles. The maximum absolute atomic E-state index is 9.67. The van der Waals surface area contributed by atoms with Crippen LogP contribution >= 0.6 is 11.6 Å². The molecule has 5 heteroatoms. The molecule has 4 nitrogen and oxygen atoms in total. The smallest absolute Gasteiger partial charge is 0.211 e. The largest absolute Gasteiger partial charge is 0.493 e. The molecule has 3 aliphatic rings. The quantitative estimate of drug-likeness (QED) is 0.871. The Labute approximate surface area is 140 Å². The summed E-state index contributed by atoms with van der Waals surface area (Å²) >= 11 is 6.34. The molecule has 120 valence electrons. The van der Waals surface area contributed by atoms with Crippen molar-refractivity contribution in [3.8, 4) is 5.88 Å². The summed E-state index contributed by atoms with van der Waals surface area (Å²) in [5, 5.41) is 10.2. The molecule has 0 saturated heterocycles. The van der Waals surface area contributed by atoms with E-state index in [9.17, 15) is 5.11 Å². The fourth-order valence-corrected chi connectivity index (χ4v) is 4.17. The fourth-order valence-electron chi connectivity index (χ4n) is 3.97. The second kappa shape index (κ2) is 5.18. The average Bonchev–Trinajstić information content (AvgIpc) is 2.55. The van der Waals surface area contributed by atoms with Crippen molar-refractivity contribution in [1.82, 2.24) is 9.97 Å². The predicted molar refractivity (Wildman–Crippen MR) is 92.3 cm³/mol. The van der Waals surface area contributed by atoms with Crippen LogP contribution in [-0.4, -0.2) is 20.6 Å². The number of allylic oxidation sites excluding steroid dienone is 1. The SMILES string of the molecule is NC12CCC(C=Cc3c(Cl)cnc4ccc(O)nc34)(CC1)CC2. The van der Waals surface area contributed by atoms with Gasteiger partial charge in [-0.2, -0.15) is 0 Å². The first-order chi connectivity index (χ1) is 11.0. The van der Waals surface area contributed by atoms with Crippen molar-refractivity contribution < 1.29 is 5.11 Å². The summed E-state index contributed by atoms with van der Waals surface area (Å²) in [4.78, 5) is 8.48. The van der Waals surface area contributed by atoms with Gasteiger partial charge in [-0.3, -0.25) is 4.98 Å². The van der Waals surface area contributed by atoms with E-state index in [0.717, 1.165) is 49.6 Å². The molecule has 23 heavy (non-hydrogen) atoms. The number of aromatic hydroxyl groups is 1. The molecule has 0 atom stereocenters. The number of nitrogens with two attached hydrogens (primary N) is 1. The van der Waals surface area contributed by atoms with Crippen molar-refractivity contribution in [2.75, 3.05) is 0 Å². The number of hydrogen-bond donors (Lipinski definition) is 2. The number of halogens is 1. The van der Waals surface area contributed by atoms with Crippen LogP contribution in [0.4, 0.5) is 0 Å². The van der Waals surface area contributed by atoms with E-state index in [1.165, 1.54) is 0 Å². The van der Waals surface area contributed by atoms with Gasteiger partial charge in [-0.15, -0.1) is 0 Å². The van der Waals surface area contributed by atoms with Crippen LogP contribution < -0.4 is 5.73 Å². The third-order valence-corrected chi connectivity index (χ3v) is 5.96. The topological polar surface area (TPSA) is 72.0 Å². The van der Waals surface area contributed by atoms with Gasteiger partial charge < -0.3 is 10.8 Å². The first-order valence-electron chi connectivity index (χ1n) is 8.11. The summed E-state index contributed by atoms with van der Waals surface area (Å²) in [6.45, 7) is 0. The Balaban J connectivity index is 1.73. The van der Waals surface area contributed by atoms with E-state index < -0.39 is 0 Å². The predicted octanol–water partition coefficient (Wildman–Crippen LogP) is 4.05. The van der Waals surface area contributed by atoms with Crippen LogP contribution in [0.25, 0.3) is 17.1 Å². The van der Waals surface area contributed by atoms with Gasteiger partial charge in [0.25, 0.3) is 0 Å². The summed E-state index contributed by atoms with van der Waals surface area (Å²) in [6.07, 6.45) is 12.7. The molecule has 2 aromatic heterocycles. The molecule has 0 spiro atoms. The molecule has 2 heterocycles. The maximum atomic E-state index is 9.67. The lowest BCUT2D eigenvalue weighted by atomic mass is 9.57. The zero-order valence-corrected chi connectivity index (χ0v) is 13.7. The van der Waals surface area contributed by atoms with Crippen molar-refractivity contribution in [2.45, 2.75) is 44.1 Å². The van der Waals surface area contributed by atoms with Crippen LogP contribution in [0.5, 0.6) is 5.88 Å². The number of rotatable bonds is 2. The molecule has 0 aliphatic heterocycles. The van der Waals surface area contributed by atoms with E-state index in [2.05, 4.69) is 22.1 Å². The van der Waals surface area contributed by atoms with E-state index in [4.69, 9.17) is 17.3 Å². The monoisotopic (exact) mass is 329 g/mol. The summed E-state index contributed by atoms with van der Waals surface area (Å²) in [5.41, 5.74) is 8.90.